The van der Waals surface area contributed by atoms with Crippen LogP contribution >= 0.6 is 0 Å². The number of amides is 2. The fourth-order valence-electron chi connectivity index (χ4n) is 4.04. The van der Waals surface area contributed by atoms with E-state index in [1.165, 1.54) is 0 Å². The molecule has 34 heavy (non-hydrogen) atoms. The smallest absolute Gasteiger partial charge is 0.272 e. The number of likely N-dealkylation sites (tertiary alicyclic amines) is 1. The lowest BCUT2D eigenvalue weighted by molar-refractivity contribution is -0.126. The average molecular weight is 469 g/mol. The molecule has 0 aliphatic carbocycles. The van der Waals surface area contributed by atoms with Crippen molar-refractivity contribution < 1.29 is 23.6 Å². The number of hydrogen-bond donors (Lipinski definition) is 1. The summed E-state index contributed by atoms with van der Waals surface area (Å²) in [7, 11) is 4.92. The van der Waals surface area contributed by atoms with E-state index in [-0.39, 0.29) is 24.3 Å². The zero-order valence-corrected chi connectivity index (χ0v) is 19.7. The molecule has 0 unspecified atom stereocenters. The zero-order valence-electron chi connectivity index (χ0n) is 19.7. The first kappa shape index (κ1) is 23.3. The van der Waals surface area contributed by atoms with E-state index in [9.17, 15) is 9.59 Å². The number of aryl methyl sites for hydroxylation is 2. The maximum absolute atomic E-state index is 13.2. The maximum atomic E-state index is 13.2. The lowest BCUT2D eigenvalue weighted by Crippen LogP contribution is -2.43. The molecule has 2 aromatic heterocycles. The van der Waals surface area contributed by atoms with E-state index in [4.69, 9.17) is 14.0 Å². The van der Waals surface area contributed by atoms with Gasteiger partial charge in [0.1, 0.15) is 17.2 Å². The number of carbonyl (C=O) groups excluding carboxylic acids is 2. The van der Waals surface area contributed by atoms with Crippen LogP contribution in [-0.4, -0.2) is 63.9 Å². The topological polar surface area (TPSA) is 125 Å². The Morgan fingerprint density at radius 2 is 1.94 bits per heavy atom. The average Bonchev–Trinajstić information content (AvgIpc) is 3.46. The summed E-state index contributed by atoms with van der Waals surface area (Å²) in [6.45, 7) is 2.89. The maximum Gasteiger partial charge on any atom is 0.272 e. The minimum atomic E-state index is -0.170. The molecule has 11 nitrogen and oxygen atoms in total. The number of piperidine rings is 1. The molecule has 0 bridgehead atoms. The van der Waals surface area contributed by atoms with Crippen LogP contribution in [0.2, 0.25) is 0 Å². The predicted molar refractivity (Wildman–Crippen MR) is 121 cm³/mol. The number of aromatic nitrogens is 4. The first-order valence-electron chi connectivity index (χ1n) is 11.0. The number of rotatable bonds is 7. The quantitative estimate of drug-likeness (QED) is 0.558. The molecule has 3 heterocycles. The molecule has 1 aliphatic rings. The number of carbonyl (C=O) groups is 2. The standard InChI is InChI=1S/C23H28N6O5/c1-14-25-21(34-27-14)13-24-22(30)15-7-9-29(10-8-15)23(31)19-12-18(26-28(19)2)17-11-16(32-3)5-6-20(17)33-4/h5-6,11-12,15H,7-10,13H2,1-4H3,(H,24,30). The Bertz CT molecular complexity index is 1180. The van der Waals surface area contributed by atoms with Crippen molar-refractivity contribution in [2.24, 2.45) is 13.0 Å². The molecule has 1 saturated heterocycles. The van der Waals surface area contributed by atoms with Crippen molar-refractivity contribution in [3.05, 3.63) is 41.7 Å². The molecule has 0 spiro atoms. The van der Waals surface area contributed by atoms with Crippen molar-refractivity contribution >= 4 is 11.8 Å². The van der Waals surface area contributed by atoms with Gasteiger partial charge in [0.25, 0.3) is 5.91 Å². The highest BCUT2D eigenvalue weighted by molar-refractivity contribution is 5.94. The van der Waals surface area contributed by atoms with Crippen LogP contribution in [0, 0.1) is 12.8 Å². The molecule has 1 aromatic carbocycles. The third kappa shape index (κ3) is 4.87. The Balaban J connectivity index is 1.39. The van der Waals surface area contributed by atoms with Gasteiger partial charge in [0, 0.05) is 31.6 Å². The van der Waals surface area contributed by atoms with Crippen molar-refractivity contribution in [2.75, 3.05) is 27.3 Å². The number of ether oxygens (including phenoxy) is 2. The van der Waals surface area contributed by atoms with E-state index in [1.54, 1.807) is 56.0 Å². The predicted octanol–water partition coefficient (Wildman–Crippen LogP) is 1.96. The molecular weight excluding hydrogens is 440 g/mol. The van der Waals surface area contributed by atoms with E-state index >= 15 is 0 Å². The van der Waals surface area contributed by atoms with Crippen molar-refractivity contribution in [3.63, 3.8) is 0 Å². The SMILES string of the molecule is COc1ccc(OC)c(-c2cc(C(=O)N3CCC(C(=O)NCc4nc(C)no4)CC3)n(C)n2)c1. The van der Waals surface area contributed by atoms with Gasteiger partial charge < -0.3 is 24.2 Å². The summed E-state index contributed by atoms with van der Waals surface area (Å²) in [5, 5.41) is 11.1. The second-order valence-corrected chi connectivity index (χ2v) is 8.12. The number of methoxy groups -OCH3 is 2. The van der Waals surface area contributed by atoms with Gasteiger partial charge in [0.2, 0.25) is 11.8 Å². The van der Waals surface area contributed by atoms with Gasteiger partial charge in [-0.1, -0.05) is 5.16 Å². The molecule has 1 aliphatic heterocycles. The molecule has 1 N–H and O–H groups in total. The Hall–Kier alpha value is -3.89. The Labute approximate surface area is 197 Å². The second kappa shape index (κ2) is 9.94. The van der Waals surface area contributed by atoms with E-state index in [0.29, 0.717) is 60.5 Å². The highest BCUT2D eigenvalue weighted by atomic mass is 16.5. The van der Waals surface area contributed by atoms with Gasteiger partial charge in [0.15, 0.2) is 5.82 Å². The van der Waals surface area contributed by atoms with Crippen LogP contribution in [0.4, 0.5) is 0 Å². The first-order valence-corrected chi connectivity index (χ1v) is 11.0. The van der Waals surface area contributed by atoms with Crippen LogP contribution in [0.1, 0.15) is 35.0 Å². The Kier molecular flexibility index (Phi) is 6.80. The lowest BCUT2D eigenvalue weighted by atomic mass is 9.95. The number of benzene rings is 1. The number of nitrogens with zero attached hydrogens (tertiary/aromatic N) is 5. The summed E-state index contributed by atoms with van der Waals surface area (Å²) in [5.41, 5.74) is 1.82. The fourth-order valence-corrected chi connectivity index (χ4v) is 4.04. The molecule has 180 valence electrons. The van der Waals surface area contributed by atoms with Gasteiger partial charge in [-0.25, -0.2) is 0 Å². The minimum absolute atomic E-state index is 0.0732. The first-order chi connectivity index (χ1) is 16.4. The Morgan fingerprint density at radius 1 is 1.18 bits per heavy atom. The van der Waals surface area contributed by atoms with Crippen molar-refractivity contribution in [1.29, 1.82) is 0 Å². The van der Waals surface area contributed by atoms with Gasteiger partial charge in [-0.05, 0) is 44.0 Å². The third-order valence-electron chi connectivity index (χ3n) is 5.92. The Morgan fingerprint density at radius 3 is 2.59 bits per heavy atom. The molecule has 1 fully saturated rings. The summed E-state index contributed by atoms with van der Waals surface area (Å²) in [4.78, 5) is 31.6. The van der Waals surface area contributed by atoms with Gasteiger partial charge in [-0.3, -0.25) is 14.3 Å². The molecular formula is C23H28N6O5. The summed E-state index contributed by atoms with van der Waals surface area (Å²) in [6, 6.07) is 7.19. The fraction of sp³-hybridized carbons (Fsp3) is 0.435. The van der Waals surface area contributed by atoms with Crippen molar-refractivity contribution in [1.82, 2.24) is 30.1 Å². The molecule has 11 heteroatoms. The molecule has 0 radical (unpaired) electrons. The van der Waals surface area contributed by atoms with Crippen LogP contribution in [0.5, 0.6) is 11.5 Å². The molecule has 2 amide bonds. The minimum Gasteiger partial charge on any atom is -0.497 e. The van der Waals surface area contributed by atoms with Crippen molar-refractivity contribution in [3.8, 4) is 22.8 Å². The summed E-state index contributed by atoms with van der Waals surface area (Å²) < 4.78 is 17.4. The normalized spacial score (nSPS) is 14.2. The number of hydrogen-bond acceptors (Lipinski definition) is 8. The number of nitrogens with one attached hydrogen (secondary N) is 1. The second-order valence-electron chi connectivity index (χ2n) is 8.12. The summed E-state index contributed by atoms with van der Waals surface area (Å²) >= 11 is 0. The lowest BCUT2D eigenvalue weighted by Gasteiger charge is -2.31. The van der Waals surface area contributed by atoms with Gasteiger partial charge in [-0.15, -0.1) is 0 Å². The highest BCUT2D eigenvalue weighted by Crippen LogP contribution is 2.33. The molecule has 4 rings (SSSR count). The van der Waals surface area contributed by atoms with E-state index < -0.39 is 0 Å². The van der Waals surface area contributed by atoms with Crippen LogP contribution < -0.4 is 14.8 Å². The largest absolute Gasteiger partial charge is 0.497 e. The van der Waals surface area contributed by atoms with Crippen LogP contribution in [0.3, 0.4) is 0 Å². The van der Waals surface area contributed by atoms with Crippen LogP contribution in [0.25, 0.3) is 11.3 Å². The van der Waals surface area contributed by atoms with E-state index in [1.807, 2.05) is 6.07 Å². The monoisotopic (exact) mass is 468 g/mol. The van der Waals surface area contributed by atoms with Crippen LogP contribution in [0.15, 0.2) is 28.8 Å². The van der Waals surface area contributed by atoms with Crippen molar-refractivity contribution in [2.45, 2.75) is 26.3 Å². The van der Waals surface area contributed by atoms with Crippen LogP contribution in [-0.2, 0) is 18.4 Å². The third-order valence-corrected chi connectivity index (χ3v) is 5.92. The van der Waals surface area contributed by atoms with Gasteiger partial charge >= 0.3 is 0 Å². The zero-order chi connectivity index (χ0) is 24.2. The molecule has 3 aromatic rings. The van der Waals surface area contributed by atoms with Gasteiger partial charge in [-0.2, -0.15) is 10.1 Å². The highest BCUT2D eigenvalue weighted by Gasteiger charge is 2.29. The molecule has 0 atom stereocenters. The van der Waals surface area contributed by atoms with E-state index in [2.05, 4.69) is 20.6 Å². The molecule has 0 saturated carbocycles. The summed E-state index contributed by atoms with van der Waals surface area (Å²) in [5.74, 6) is 1.84. The van der Waals surface area contributed by atoms with E-state index in [0.717, 1.165) is 5.56 Å². The summed E-state index contributed by atoms with van der Waals surface area (Å²) in [6.07, 6.45) is 1.16. The van der Waals surface area contributed by atoms with Gasteiger partial charge in [0.05, 0.1) is 26.5 Å².